The molecule has 3 aromatic heterocycles. The Hall–Kier alpha value is -4.45. The molecule has 6 rings (SSSR count). The van der Waals surface area contributed by atoms with Crippen molar-refractivity contribution >= 4 is 22.9 Å². The average Bonchev–Trinajstić information content (AvgIpc) is 3.62. The molecule has 2 N–H and O–H groups in total. The van der Waals surface area contributed by atoms with Crippen LogP contribution in [0.2, 0.25) is 0 Å². The van der Waals surface area contributed by atoms with Crippen molar-refractivity contribution in [3.63, 3.8) is 0 Å². The SMILES string of the molecule is CC(C)(Cc1ccccc1-c1cn[nH]c1)Nc1nc(N2CCOCC2)nc(-n2c(C(F)F)nc3ccccc32)n1. The quantitative estimate of drug-likeness (QED) is 0.286. The van der Waals surface area contributed by atoms with Crippen molar-refractivity contribution < 1.29 is 13.5 Å². The molecule has 12 heteroatoms. The Bertz CT molecular complexity index is 1610. The third-order valence-electron chi connectivity index (χ3n) is 6.80. The number of para-hydroxylation sites is 2. The smallest absolute Gasteiger partial charge is 0.296 e. The first-order chi connectivity index (χ1) is 19.4. The standard InChI is InChI=1S/C28H29F2N9O/c1-28(2,15-18-7-3-4-8-20(18)19-16-31-32-17-19)37-25-34-26(38-11-13-40-14-12-38)36-27(35-25)39-22-10-6-5-9-21(22)33-24(39)23(29)30/h3-10,16-17,23H,11-15H2,1-2H3,(H,31,32)(H,34,35,36,37). The van der Waals surface area contributed by atoms with Gasteiger partial charge in [-0.05, 0) is 43.5 Å². The molecule has 0 atom stereocenters. The second-order valence-corrected chi connectivity index (χ2v) is 10.3. The van der Waals surface area contributed by atoms with Crippen LogP contribution in [0.1, 0.15) is 31.7 Å². The molecule has 1 saturated heterocycles. The Morgan fingerprint density at radius 3 is 2.50 bits per heavy atom. The number of rotatable bonds is 8. The molecule has 4 heterocycles. The van der Waals surface area contributed by atoms with Gasteiger partial charge in [0.05, 0.1) is 30.4 Å². The number of benzene rings is 2. The molecule has 10 nitrogen and oxygen atoms in total. The van der Waals surface area contributed by atoms with Crippen LogP contribution in [-0.2, 0) is 11.2 Å². The summed E-state index contributed by atoms with van der Waals surface area (Å²) in [5, 5.41) is 10.4. The number of ether oxygens (including phenoxy) is 1. The van der Waals surface area contributed by atoms with Gasteiger partial charge in [0.2, 0.25) is 17.8 Å². The predicted molar refractivity (Wildman–Crippen MR) is 148 cm³/mol. The van der Waals surface area contributed by atoms with Gasteiger partial charge in [-0.3, -0.25) is 9.67 Å². The maximum Gasteiger partial charge on any atom is 0.296 e. The lowest BCUT2D eigenvalue weighted by molar-refractivity contribution is 0.122. The first kappa shape index (κ1) is 25.8. The second kappa shape index (κ2) is 10.6. The molecule has 0 radical (unpaired) electrons. The van der Waals surface area contributed by atoms with Gasteiger partial charge in [0.15, 0.2) is 5.82 Å². The van der Waals surface area contributed by atoms with E-state index in [1.165, 1.54) is 4.57 Å². The maximum absolute atomic E-state index is 14.2. The number of nitrogens with zero attached hydrogens (tertiary/aromatic N) is 7. The highest BCUT2D eigenvalue weighted by atomic mass is 19.3. The van der Waals surface area contributed by atoms with Crippen LogP contribution in [0.3, 0.4) is 0 Å². The lowest BCUT2D eigenvalue weighted by atomic mass is 9.90. The Morgan fingerprint density at radius 1 is 0.975 bits per heavy atom. The highest BCUT2D eigenvalue weighted by Gasteiger charge is 2.27. The van der Waals surface area contributed by atoms with E-state index in [1.807, 2.05) is 37.1 Å². The second-order valence-electron chi connectivity index (χ2n) is 10.3. The van der Waals surface area contributed by atoms with E-state index in [9.17, 15) is 8.78 Å². The summed E-state index contributed by atoms with van der Waals surface area (Å²) in [5.41, 5.74) is 3.61. The third-order valence-corrected chi connectivity index (χ3v) is 6.80. The number of halogens is 2. The van der Waals surface area contributed by atoms with Crippen LogP contribution in [0.25, 0.3) is 28.1 Å². The zero-order chi connectivity index (χ0) is 27.7. The summed E-state index contributed by atoms with van der Waals surface area (Å²) >= 11 is 0. The number of nitrogens with one attached hydrogen (secondary N) is 2. The van der Waals surface area contributed by atoms with E-state index in [4.69, 9.17) is 9.72 Å². The predicted octanol–water partition coefficient (Wildman–Crippen LogP) is 4.81. The van der Waals surface area contributed by atoms with Gasteiger partial charge in [0, 0.05) is 30.4 Å². The fourth-order valence-electron chi connectivity index (χ4n) is 4.99. The minimum Gasteiger partial charge on any atom is -0.378 e. The van der Waals surface area contributed by atoms with E-state index in [-0.39, 0.29) is 11.9 Å². The van der Waals surface area contributed by atoms with E-state index in [1.54, 1.807) is 30.5 Å². The monoisotopic (exact) mass is 545 g/mol. The first-order valence-corrected chi connectivity index (χ1v) is 13.1. The summed E-state index contributed by atoms with van der Waals surface area (Å²) in [6, 6.07) is 15.1. The normalized spacial score (nSPS) is 14.3. The van der Waals surface area contributed by atoms with Crippen LogP contribution < -0.4 is 10.2 Å². The zero-order valence-corrected chi connectivity index (χ0v) is 22.2. The number of aromatic nitrogens is 7. The van der Waals surface area contributed by atoms with Crippen molar-refractivity contribution in [3.05, 3.63) is 72.3 Å². The van der Waals surface area contributed by atoms with Crippen molar-refractivity contribution in [3.8, 4) is 17.1 Å². The average molecular weight is 546 g/mol. The van der Waals surface area contributed by atoms with Gasteiger partial charge in [0.1, 0.15) is 0 Å². The summed E-state index contributed by atoms with van der Waals surface area (Å²) < 4.78 is 35.2. The summed E-state index contributed by atoms with van der Waals surface area (Å²) in [7, 11) is 0. The fourth-order valence-corrected chi connectivity index (χ4v) is 4.99. The lowest BCUT2D eigenvalue weighted by Crippen LogP contribution is -2.39. The first-order valence-electron chi connectivity index (χ1n) is 13.1. The van der Waals surface area contributed by atoms with Gasteiger partial charge in [0.25, 0.3) is 6.43 Å². The molecule has 40 heavy (non-hydrogen) atoms. The van der Waals surface area contributed by atoms with Crippen LogP contribution in [0.5, 0.6) is 0 Å². The van der Waals surface area contributed by atoms with Crippen molar-refractivity contribution in [2.75, 3.05) is 36.5 Å². The Morgan fingerprint density at radius 2 is 1.73 bits per heavy atom. The summed E-state index contributed by atoms with van der Waals surface area (Å²) in [5.74, 6) is 0.343. The maximum atomic E-state index is 14.2. The van der Waals surface area contributed by atoms with E-state index >= 15 is 0 Å². The van der Waals surface area contributed by atoms with E-state index < -0.39 is 17.8 Å². The number of hydrogen-bond donors (Lipinski definition) is 2. The highest BCUT2D eigenvalue weighted by Crippen LogP contribution is 2.30. The molecule has 0 bridgehead atoms. The number of anilines is 2. The molecule has 1 aliphatic heterocycles. The molecule has 1 fully saturated rings. The van der Waals surface area contributed by atoms with Gasteiger partial charge in [-0.25, -0.2) is 13.8 Å². The molecular weight excluding hydrogens is 516 g/mol. The minimum absolute atomic E-state index is 0.0811. The van der Waals surface area contributed by atoms with Crippen molar-refractivity contribution in [1.82, 2.24) is 34.7 Å². The zero-order valence-electron chi connectivity index (χ0n) is 22.2. The molecule has 206 valence electrons. The van der Waals surface area contributed by atoms with Gasteiger partial charge in [-0.15, -0.1) is 0 Å². The molecule has 0 amide bonds. The summed E-state index contributed by atoms with van der Waals surface area (Å²) in [6.45, 7) is 6.31. The van der Waals surface area contributed by atoms with Gasteiger partial charge >= 0.3 is 0 Å². The van der Waals surface area contributed by atoms with Crippen LogP contribution in [0.15, 0.2) is 60.9 Å². The summed E-state index contributed by atoms with van der Waals surface area (Å²) in [4.78, 5) is 20.2. The number of morpholine rings is 1. The number of H-pyrrole nitrogens is 1. The fraction of sp³-hybridized carbons (Fsp3) is 0.321. The van der Waals surface area contributed by atoms with Crippen LogP contribution >= 0.6 is 0 Å². The van der Waals surface area contributed by atoms with E-state index in [2.05, 4.69) is 42.6 Å². The summed E-state index contributed by atoms with van der Waals surface area (Å²) in [6.07, 6.45) is 1.48. The highest BCUT2D eigenvalue weighted by molar-refractivity contribution is 5.77. The molecular formula is C28H29F2N9O. The number of alkyl halides is 2. The van der Waals surface area contributed by atoms with E-state index in [0.29, 0.717) is 49.7 Å². The number of aromatic amines is 1. The van der Waals surface area contributed by atoms with Crippen LogP contribution in [0, 0.1) is 0 Å². The largest absolute Gasteiger partial charge is 0.378 e. The Labute approximate surface area is 229 Å². The Kier molecular flexibility index (Phi) is 6.84. The number of imidazole rings is 1. The van der Waals surface area contributed by atoms with Gasteiger partial charge in [-0.2, -0.15) is 20.1 Å². The number of hydrogen-bond acceptors (Lipinski definition) is 8. The molecule has 0 aliphatic carbocycles. The van der Waals surface area contributed by atoms with Crippen LogP contribution in [-0.4, -0.2) is 66.5 Å². The minimum atomic E-state index is -2.82. The Balaban J connectivity index is 1.40. The van der Waals surface area contributed by atoms with Gasteiger partial charge < -0.3 is 15.0 Å². The van der Waals surface area contributed by atoms with Crippen LogP contribution in [0.4, 0.5) is 20.7 Å². The molecule has 5 aromatic rings. The lowest BCUT2D eigenvalue weighted by Gasteiger charge is -2.30. The van der Waals surface area contributed by atoms with Crippen molar-refractivity contribution in [2.45, 2.75) is 32.2 Å². The third kappa shape index (κ3) is 5.22. The molecule has 2 aromatic carbocycles. The molecule has 0 spiro atoms. The topological polar surface area (TPSA) is 110 Å². The molecule has 0 saturated carbocycles. The van der Waals surface area contributed by atoms with Crippen molar-refractivity contribution in [2.24, 2.45) is 0 Å². The van der Waals surface area contributed by atoms with Gasteiger partial charge in [-0.1, -0.05) is 36.4 Å². The number of fused-ring (bicyclic) bond motifs is 1. The molecule has 0 unspecified atom stereocenters. The van der Waals surface area contributed by atoms with Crippen molar-refractivity contribution in [1.29, 1.82) is 0 Å². The molecule has 1 aliphatic rings. The van der Waals surface area contributed by atoms with E-state index in [0.717, 1.165) is 16.7 Å².